The fourth-order valence-corrected chi connectivity index (χ4v) is 2.02. The van der Waals surface area contributed by atoms with Crippen LogP contribution in [0.15, 0.2) is 24.3 Å². The van der Waals surface area contributed by atoms with Gasteiger partial charge in [-0.1, -0.05) is 12.1 Å². The lowest BCUT2D eigenvalue weighted by atomic mass is 10.1. The van der Waals surface area contributed by atoms with Crippen LogP contribution in [0.25, 0.3) is 0 Å². The molecule has 5 heteroatoms. The van der Waals surface area contributed by atoms with Gasteiger partial charge in [-0.2, -0.15) is 10.4 Å². The first-order chi connectivity index (χ1) is 9.60. The minimum atomic E-state index is -0.349. The Morgan fingerprint density at radius 3 is 2.55 bits per heavy atom. The number of nitrogens with zero attached hydrogens (tertiary/aromatic N) is 4. The van der Waals surface area contributed by atoms with Crippen molar-refractivity contribution in [2.45, 2.75) is 20.8 Å². The van der Waals surface area contributed by atoms with Crippen LogP contribution in [0, 0.1) is 31.0 Å². The highest BCUT2D eigenvalue weighted by atomic mass is 19.1. The van der Waals surface area contributed by atoms with Crippen molar-refractivity contribution in [3.8, 4) is 6.07 Å². The minimum absolute atomic E-state index is 0.349. The molecule has 0 atom stereocenters. The quantitative estimate of drug-likeness (QED) is 0.859. The van der Waals surface area contributed by atoms with Gasteiger partial charge in [-0.3, -0.25) is 0 Å². The van der Waals surface area contributed by atoms with Gasteiger partial charge >= 0.3 is 0 Å². The van der Waals surface area contributed by atoms with Gasteiger partial charge in [0.1, 0.15) is 17.4 Å². The van der Waals surface area contributed by atoms with Crippen molar-refractivity contribution in [1.29, 1.82) is 5.26 Å². The first kappa shape index (κ1) is 13.9. The van der Waals surface area contributed by atoms with Crippen LogP contribution >= 0.6 is 0 Å². The van der Waals surface area contributed by atoms with Crippen molar-refractivity contribution in [2.75, 3.05) is 11.4 Å². The topological polar surface area (TPSA) is 52.8 Å². The number of aromatic nitrogens is 2. The Kier molecular flexibility index (Phi) is 3.94. The lowest BCUT2D eigenvalue weighted by molar-refractivity contribution is 0.625. The Hall–Kier alpha value is -2.48. The Morgan fingerprint density at radius 2 is 1.95 bits per heavy atom. The largest absolute Gasteiger partial charge is 0.322 e. The predicted octanol–water partition coefficient (Wildman–Crippen LogP) is 3.26. The molecule has 0 fully saturated rings. The van der Waals surface area contributed by atoms with Gasteiger partial charge < -0.3 is 4.90 Å². The van der Waals surface area contributed by atoms with E-state index in [0.717, 1.165) is 5.56 Å². The zero-order valence-corrected chi connectivity index (χ0v) is 11.7. The number of nitriles is 1. The molecule has 0 radical (unpaired) electrons. The fourth-order valence-electron chi connectivity index (χ4n) is 2.02. The van der Waals surface area contributed by atoms with E-state index in [1.165, 1.54) is 6.07 Å². The van der Waals surface area contributed by atoms with E-state index in [9.17, 15) is 9.65 Å². The maximum absolute atomic E-state index is 14.0. The summed E-state index contributed by atoms with van der Waals surface area (Å²) in [7, 11) is 0. The van der Waals surface area contributed by atoms with Gasteiger partial charge in [0.2, 0.25) is 0 Å². The lowest BCUT2D eigenvalue weighted by Crippen LogP contribution is -2.21. The molecule has 0 aliphatic heterocycles. The number of rotatable bonds is 3. The Balaban J connectivity index is 2.63. The van der Waals surface area contributed by atoms with Gasteiger partial charge in [0.25, 0.3) is 0 Å². The SMILES string of the molecule is CCN(c1ccccc1F)c1nnc(C)c(C)c1C#N. The Labute approximate surface area is 117 Å². The summed E-state index contributed by atoms with van der Waals surface area (Å²) >= 11 is 0. The number of benzene rings is 1. The minimum Gasteiger partial charge on any atom is -0.322 e. The average Bonchev–Trinajstić information content (AvgIpc) is 2.45. The molecule has 0 saturated carbocycles. The molecule has 0 bridgehead atoms. The first-order valence-corrected chi connectivity index (χ1v) is 6.36. The van der Waals surface area contributed by atoms with Crippen LogP contribution in [0.2, 0.25) is 0 Å². The summed E-state index contributed by atoms with van der Waals surface area (Å²) < 4.78 is 14.0. The molecule has 0 N–H and O–H groups in total. The van der Waals surface area contributed by atoms with Crippen molar-refractivity contribution in [3.05, 3.63) is 46.9 Å². The number of aryl methyl sites for hydroxylation is 1. The molecule has 0 unspecified atom stereocenters. The molecule has 2 rings (SSSR count). The molecule has 2 aromatic rings. The molecule has 0 spiro atoms. The van der Waals surface area contributed by atoms with Gasteiger partial charge in [-0.15, -0.1) is 5.10 Å². The van der Waals surface area contributed by atoms with Gasteiger partial charge in [-0.25, -0.2) is 4.39 Å². The van der Waals surface area contributed by atoms with E-state index in [1.807, 2.05) is 13.8 Å². The highest BCUT2D eigenvalue weighted by Crippen LogP contribution is 2.29. The molecule has 0 saturated heterocycles. The summed E-state index contributed by atoms with van der Waals surface area (Å²) in [4.78, 5) is 1.66. The molecule has 1 aromatic heterocycles. The molecule has 0 aliphatic carbocycles. The average molecular weight is 270 g/mol. The van der Waals surface area contributed by atoms with Crippen LogP contribution in [0.3, 0.4) is 0 Å². The first-order valence-electron chi connectivity index (χ1n) is 6.36. The summed E-state index contributed by atoms with van der Waals surface area (Å²) in [5.74, 6) is 0.0430. The number of hydrogen-bond donors (Lipinski definition) is 0. The third-order valence-electron chi connectivity index (χ3n) is 3.26. The molecular weight excluding hydrogens is 255 g/mol. The zero-order valence-electron chi connectivity index (χ0n) is 11.7. The molecular formula is C15H15FN4. The smallest absolute Gasteiger partial charge is 0.174 e. The predicted molar refractivity (Wildman–Crippen MR) is 75.3 cm³/mol. The standard InChI is InChI=1S/C15H15FN4/c1-4-20(14-8-6-5-7-13(14)16)15-12(9-17)10(2)11(3)18-19-15/h5-8H,4H2,1-3H3. The van der Waals surface area contributed by atoms with Crippen molar-refractivity contribution >= 4 is 11.5 Å². The van der Waals surface area contributed by atoms with E-state index >= 15 is 0 Å². The van der Waals surface area contributed by atoms with E-state index in [2.05, 4.69) is 16.3 Å². The maximum Gasteiger partial charge on any atom is 0.174 e. The van der Waals surface area contributed by atoms with Crippen molar-refractivity contribution in [2.24, 2.45) is 0 Å². The highest BCUT2D eigenvalue weighted by Gasteiger charge is 2.19. The number of para-hydroxylation sites is 1. The van der Waals surface area contributed by atoms with Crippen LogP contribution < -0.4 is 4.90 Å². The summed E-state index contributed by atoms with van der Waals surface area (Å²) in [5.41, 5.74) is 2.30. The van der Waals surface area contributed by atoms with E-state index in [4.69, 9.17) is 0 Å². The number of hydrogen-bond acceptors (Lipinski definition) is 4. The molecule has 20 heavy (non-hydrogen) atoms. The van der Waals surface area contributed by atoms with E-state index < -0.39 is 0 Å². The number of halogens is 1. The second-order valence-electron chi connectivity index (χ2n) is 4.42. The van der Waals surface area contributed by atoms with Crippen LogP contribution in [-0.2, 0) is 0 Å². The summed E-state index contributed by atoms with van der Waals surface area (Å²) in [6.45, 7) is 5.99. The van der Waals surface area contributed by atoms with Gasteiger partial charge in [0.05, 0.1) is 11.4 Å². The normalized spacial score (nSPS) is 10.2. The van der Waals surface area contributed by atoms with E-state index in [1.54, 1.807) is 30.0 Å². The van der Waals surface area contributed by atoms with Gasteiger partial charge in [-0.05, 0) is 38.5 Å². The molecule has 4 nitrogen and oxygen atoms in total. The monoisotopic (exact) mass is 270 g/mol. The second kappa shape index (κ2) is 5.66. The van der Waals surface area contributed by atoms with Crippen LogP contribution in [0.4, 0.5) is 15.9 Å². The van der Waals surface area contributed by atoms with Crippen molar-refractivity contribution in [3.63, 3.8) is 0 Å². The third kappa shape index (κ3) is 2.32. The Morgan fingerprint density at radius 1 is 1.25 bits per heavy atom. The molecule has 1 heterocycles. The van der Waals surface area contributed by atoms with Crippen molar-refractivity contribution < 1.29 is 4.39 Å². The molecule has 1 aromatic carbocycles. The zero-order chi connectivity index (χ0) is 14.7. The third-order valence-corrected chi connectivity index (χ3v) is 3.26. The summed E-state index contributed by atoms with van der Waals surface area (Å²) in [5, 5.41) is 17.5. The van der Waals surface area contributed by atoms with Gasteiger partial charge in [0, 0.05) is 6.54 Å². The summed E-state index contributed by atoms with van der Waals surface area (Å²) in [6.07, 6.45) is 0. The summed E-state index contributed by atoms with van der Waals surface area (Å²) in [6, 6.07) is 8.57. The fraction of sp³-hybridized carbons (Fsp3) is 0.267. The number of anilines is 2. The second-order valence-corrected chi connectivity index (χ2v) is 4.42. The van der Waals surface area contributed by atoms with Crippen molar-refractivity contribution in [1.82, 2.24) is 10.2 Å². The van der Waals surface area contributed by atoms with E-state index in [0.29, 0.717) is 29.3 Å². The lowest BCUT2D eigenvalue weighted by Gasteiger charge is -2.23. The maximum atomic E-state index is 14.0. The van der Waals surface area contributed by atoms with Crippen LogP contribution in [0.5, 0.6) is 0 Å². The highest BCUT2D eigenvalue weighted by molar-refractivity contribution is 5.67. The molecule has 102 valence electrons. The molecule has 0 amide bonds. The Bertz CT molecular complexity index is 676. The molecule has 0 aliphatic rings. The van der Waals surface area contributed by atoms with Crippen LogP contribution in [0.1, 0.15) is 23.7 Å². The van der Waals surface area contributed by atoms with Crippen LogP contribution in [-0.4, -0.2) is 16.7 Å². The van der Waals surface area contributed by atoms with Gasteiger partial charge in [0.15, 0.2) is 5.82 Å². The van der Waals surface area contributed by atoms with E-state index in [-0.39, 0.29) is 5.82 Å².